The Morgan fingerprint density at radius 2 is 1.23 bits per heavy atom. The number of rotatable bonds is 28. The first kappa shape index (κ1) is 39.5. The van der Waals surface area contributed by atoms with Crippen molar-refractivity contribution >= 4 is 66.6 Å². The molecule has 0 radical (unpaired) electrons. The average molecular weight is 644 g/mol. The number of ketones is 2. The van der Waals surface area contributed by atoms with E-state index >= 15 is 0 Å². The Balaban J connectivity index is 3.64. The Morgan fingerprint density at radius 1 is 0.700 bits per heavy atom. The molecule has 10 nitrogen and oxygen atoms in total. The maximum atomic E-state index is 12.3. The predicted octanol–water partition coefficient (Wildman–Crippen LogP) is 0.0785. The summed E-state index contributed by atoms with van der Waals surface area (Å²) in [7, 11) is 6.82. The first-order chi connectivity index (χ1) is 19.2. The van der Waals surface area contributed by atoms with Gasteiger partial charge in [0, 0.05) is 74.1 Å². The van der Waals surface area contributed by atoms with Gasteiger partial charge in [0.1, 0.15) is 11.8 Å². The highest BCUT2D eigenvalue weighted by atomic mass is 33.1. The van der Waals surface area contributed by atoms with Crippen LogP contribution in [0, 0.1) is 5.92 Å². The Kier molecular flexibility index (Phi) is 27.0. The van der Waals surface area contributed by atoms with Gasteiger partial charge in [-0.1, -0.05) is 50.1 Å². The lowest BCUT2D eigenvalue weighted by Crippen LogP contribution is -2.65. The van der Waals surface area contributed by atoms with Gasteiger partial charge in [0.15, 0.2) is 5.78 Å². The zero-order chi connectivity index (χ0) is 30.0. The van der Waals surface area contributed by atoms with Crippen LogP contribution in [0.15, 0.2) is 0 Å². The van der Waals surface area contributed by atoms with Gasteiger partial charge in [-0.15, -0.1) is 0 Å². The molecule has 0 rings (SSSR count). The molecule has 14 heteroatoms. The van der Waals surface area contributed by atoms with Crippen LogP contribution in [-0.2, 0) is 19.2 Å². The van der Waals surface area contributed by atoms with Gasteiger partial charge in [-0.25, -0.2) is 0 Å². The van der Waals surface area contributed by atoms with Gasteiger partial charge in [0.25, 0.3) is 0 Å². The van der Waals surface area contributed by atoms with E-state index in [4.69, 9.17) is 5.73 Å². The SMILES string of the molecule is CC(CCC(=O)CCCSSCCNC(=O)C(N)CCC[NH3+])C(=O)NCCSSCCCC(=O)C([NH3+])CCC[NH3+]. The number of hydrogen-bond acceptors (Lipinski definition) is 9. The molecule has 0 saturated carbocycles. The number of amides is 2. The van der Waals surface area contributed by atoms with Gasteiger partial charge >= 0.3 is 0 Å². The summed E-state index contributed by atoms with van der Waals surface area (Å²) < 4.78 is 0. The molecule has 0 heterocycles. The van der Waals surface area contributed by atoms with E-state index in [0.29, 0.717) is 45.2 Å². The second-order valence-electron chi connectivity index (χ2n) is 9.82. The van der Waals surface area contributed by atoms with Crippen molar-refractivity contribution < 1.29 is 36.4 Å². The van der Waals surface area contributed by atoms with E-state index in [0.717, 1.165) is 68.2 Å². The van der Waals surface area contributed by atoms with E-state index in [1.165, 1.54) is 0 Å². The van der Waals surface area contributed by atoms with E-state index < -0.39 is 6.04 Å². The number of nitrogens with two attached hydrogens (primary N) is 1. The molecular formula is C26H55N6O4S4+3. The van der Waals surface area contributed by atoms with E-state index in [9.17, 15) is 19.2 Å². The van der Waals surface area contributed by atoms with Crippen molar-refractivity contribution in [3.8, 4) is 0 Å². The highest BCUT2D eigenvalue weighted by Gasteiger charge is 2.17. The van der Waals surface area contributed by atoms with E-state index in [2.05, 4.69) is 27.8 Å². The van der Waals surface area contributed by atoms with Crippen LogP contribution in [0.1, 0.15) is 71.1 Å². The lowest BCUT2D eigenvalue weighted by Gasteiger charge is -2.12. The molecule has 0 aliphatic heterocycles. The molecule has 0 bridgehead atoms. The molecule has 2 amide bonds. The number of Topliss-reactive ketones (excluding diaryl/α,β-unsaturated/α-hetero) is 2. The van der Waals surface area contributed by atoms with Crippen molar-refractivity contribution in [3.05, 3.63) is 0 Å². The molecule has 40 heavy (non-hydrogen) atoms. The van der Waals surface area contributed by atoms with Crippen molar-refractivity contribution in [1.82, 2.24) is 10.6 Å². The molecular weight excluding hydrogens is 589 g/mol. The molecule has 0 saturated heterocycles. The molecule has 0 aromatic carbocycles. The van der Waals surface area contributed by atoms with E-state index in [1.807, 2.05) is 6.92 Å². The van der Waals surface area contributed by atoms with Crippen molar-refractivity contribution in [1.29, 1.82) is 0 Å². The number of carbonyl (C=O) groups is 4. The Hall–Kier alpha value is -0.480. The summed E-state index contributed by atoms with van der Waals surface area (Å²) >= 11 is 0. The fourth-order valence-electron chi connectivity index (χ4n) is 3.49. The van der Waals surface area contributed by atoms with Gasteiger partial charge in [-0.2, -0.15) is 0 Å². The average Bonchev–Trinajstić information content (AvgIpc) is 2.95. The first-order valence-corrected chi connectivity index (χ1v) is 19.5. The van der Waals surface area contributed by atoms with Gasteiger partial charge in [-0.05, 0) is 32.1 Å². The Morgan fingerprint density at radius 3 is 1.82 bits per heavy atom. The van der Waals surface area contributed by atoms with Crippen LogP contribution in [0.3, 0.4) is 0 Å². The van der Waals surface area contributed by atoms with Gasteiger partial charge in [-0.3, -0.25) is 19.2 Å². The third-order valence-corrected chi connectivity index (χ3v) is 11.1. The van der Waals surface area contributed by atoms with Crippen molar-refractivity contribution in [2.24, 2.45) is 11.7 Å². The third-order valence-electron chi connectivity index (χ3n) is 6.13. The summed E-state index contributed by atoms with van der Waals surface area (Å²) in [5, 5.41) is 5.81. The summed E-state index contributed by atoms with van der Waals surface area (Å²) in [6, 6.07) is -0.560. The topological polar surface area (TPSA) is 201 Å². The van der Waals surface area contributed by atoms with E-state index in [1.54, 1.807) is 43.2 Å². The number of hydrogen-bond donors (Lipinski definition) is 6. The zero-order valence-electron chi connectivity index (χ0n) is 24.4. The quantitative estimate of drug-likeness (QED) is 0.0504. The highest BCUT2D eigenvalue weighted by molar-refractivity contribution is 8.77. The fourth-order valence-corrected chi connectivity index (χ4v) is 7.48. The monoisotopic (exact) mass is 643 g/mol. The predicted molar refractivity (Wildman–Crippen MR) is 171 cm³/mol. The molecule has 13 N–H and O–H groups in total. The van der Waals surface area contributed by atoms with Crippen LogP contribution in [0.2, 0.25) is 0 Å². The molecule has 0 spiro atoms. The normalized spacial score (nSPS) is 13.4. The standard InChI is InChI=1S/C26H52N6O4S4/c1-20(25(35)31-14-18-39-38-17-5-9-24(34)22(29)7-2-12-27)10-11-21(33)6-4-16-37-40-19-15-32-26(36)23(30)8-3-13-28/h20,22-23H,2-19,27-30H2,1H3,(H,31,35)(H,32,36)/p+3. The largest absolute Gasteiger partial charge is 0.358 e. The number of quaternary nitrogens is 3. The lowest BCUT2D eigenvalue weighted by molar-refractivity contribution is -0.410. The fraction of sp³-hybridized carbons (Fsp3) is 0.846. The van der Waals surface area contributed by atoms with Crippen LogP contribution in [-0.4, -0.2) is 84.7 Å². The summed E-state index contributed by atoms with van der Waals surface area (Å²) in [6.45, 7) is 4.68. The molecule has 0 aromatic heterocycles. The van der Waals surface area contributed by atoms with Gasteiger partial charge < -0.3 is 33.6 Å². The maximum Gasteiger partial charge on any atom is 0.236 e. The summed E-state index contributed by atoms with van der Waals surface area (Å²) in [5.41, 5.74) is 17.3. The van der Waals surface area contributed by atoms with Crippen molar-refractivity contribution in [2.75, 3.05) is 49.2 Å². The van der Waals surface area contributed by atoms with Crippen molar-refractivity contribution in [2.45, 2.75) is 83.2 Å². The third kappa shape index (κ3) is 23.1. The number of carbonyl (C=O) groups excluding carboxylic acids is 4. The van der Waals surface area contributed by atoms with Crippen LogP contribution < -0.4 is 33.6 Å². The van der Waals surface area contributed by atoms with Crippen LogP contribution in [0.5, 0.6) is 0 Å². The minimum absolute atomic E-state index is 0.00450. The molecule has 0 aliphatic rings. The molecule has 3 atom stereocenters. The molecule has 234 valence electrons. The minimum Gasteiger partial charge on any atom is -0.358 e. The molecule has 0 aromatic rings. The summed E-state index contributed by atoms with van der Waals surface area (Å²) in [4.78, 5) is 48.3. The number of nitrogens with one attached hydrogen (secondary N) is 2. The van der Waals surface area contributed by atoms with E-state index in [-0.39, 0.29) is 35.3 Å². The Labute approximate surface area is 256 Å². The molecule has 0 aliphatic carbocycles. The van der Waals surface area contributed by atoms with Crippen LogP contribution in [0.4, 0.5) is 0 Å². The maximum absolute atomic E-state index is 12.3. The zero-order valence-corrected chi connectivity index (χ0v) is 27.7. The van der Waals surface area contributed by atoms with Gasteiger partial charge in [0.05, 0.1) is 19.1 Å². The minimum atomic E-state index is -0.456. The second kappa shape index (κ2) is 27.4. The Bertz CT molecular complexity index is 708. The van der Waals surface area contributed by atoms with Crippen LogP contribution >= 0.6 is 43.2 Å². The highest BCUT2D eigenvalue weighted by Crippen LogP contribution is 2.23. The van der Waals surface area contributed by atoms with Crippen molar-refractivity contribution in [3.63, 3.8) is 0 Å². The second-order valence-corrected chi connectivity index (χ2v) is 15.2. The van der Waals surface area contributed by atoms with Crippen LogP contribution in [0.25, 0.3) is 0 Å². The molecule has 0 fully saturated rings. The van der Waals surface area contributed by atoms with Gasteiger partial charge in [0.2, 0.25) is 11.8 Å². The first-order valence-electron chi connectivity index (χ1n) is 14.5. The summed E-state index contributed by atoms with van der Waals surface area (Å²) in [6.07, 6.45) is 7.08. The smallest absolute Gasteiger partial charge is 0.236 e. The lowest BCUT2D eigenvalue weighted by atomic mass is 10.0. The summed E-state index contributed by atoms with van der Waals surface area (Å²) in [5.74, 6) is 3.55. The molecule has 3 unspecified atom stereocenters.